The zero-order valence-electron chi connectivity index (χ0n) is 16.9. The number of carbonyl (C=O) groups excluding carboxylic acids is 1. The first-order valence-corrected chi connectivity index (χ1v) is 10.2. The van der Waals surface area contributed by atoms with Crippen LogP contribution in [0.5, 0.6) is 5.75 Å². The predicted molar refractivity (Wildman–Crippen MR) is 113 cm³/mol. The van der Waals surface area contributed by atoms with E-state index in [0.29, 0.717) is 6.54 Å². The summed E-state index contributed by atoms with van der Waals surface area (Å²) in [4.78, 5) is 13.0. The van der Waals surface area contributed by atoms with Crippen LogP contribution in [0.2, 0.25) is 0 Å². The maximum atomic E-state index is 13.0. The van der Waals surface area contributed by atoms with E-state index in [4.69, 9.17) is 4.74 Å². The zero-order chi connectivity index (χ0) is 20.3. The lowest BCUT2D eigenvalue weighted by Gasteiger charge is -2.14. The molecule has 1 unspecified atom stereocenters. The van der Waals surface area contributed by atoms with Crippen LogP contribution in [-0.4, -0.2) is 32.9 Å². The molecule has 0 aliphatic heterocycles. The van der Waals surface area contributed by atoms with Gasteiger partial charge in [-0.2, -0.15) is 0 Å². The Labute approximate surface area is 170 Å². The van der Waals surface area contributed by atoms with Crippen molar-refractivity contribution in [3.05, 3.63) is 59.2 Å². The molecule has 1 heterocycles. The average molecular weight is 396 g/mol. The largest absolute Gasteiger partial charge is 0.496 e. The minimum Gasteiger partial charge on any atom is -0.496 e. The second-order valence-corrected chi connectivity index (χ2v) is 8.00. The van der Waals surface area contributed by atoms with E-state index in [1.54, 1.807) is 7.11 Å². The average Bonchev–Trinajstić information content (AvgIpc) is 3.11. The predicted octanol–water partition coefficient (Wildman–Crippen LogP) is 4.95. The van der Waals surface area contributed by atoms with Crippen LogP contribution in [0.25, 0.3) is 11.4 Å². The molecule has 0 aliphatic rings. The molecule has 146 valence electrons. The number of ether oxygens (including phenoxy) is 1. The first-order chi connectivity index (χ1) is 13.5. The third kappa shape index (κ3) is 3.97. The molecule has 3 rings (SSSR count). The molecule has 2 aromatic carbocycles. The summed E-state index contributed by atoms with van der Waals surface area (Å²) in [7, 11) is 1.64. The maximum absolute atomic E-state index is 13.0. The molecule has 3 aromatic rings. The minimum atomic E-state index is -0.263. The molecule has 0 spiro atoms. The summed E-state index contributed by atoms with van der Waals surface area (Å²) in [5.74, 6) is 1.60. The Morgan fingerprint density at radius 1 is 1.18 bits per heavy atom. The highest BCUT2D eigenvalue weighted by atomic mass is 32.2. The van der Waals surface area contributed by atoms with Gasteiger partial charge in [0.1, 0.15) is 5.75 Å². The second-order valence-electron chi connectivity index (χ2n) is 6.69. The third-order valence-electron chi connectivity index (χ3n) is 4.69. The van der Waals surface area contributed by atoms with Crippen molar-refractivity contribution in [2.45, 2.75) is 44.6 Å². The molecule has 0 saturated heterocycles. The number of methoxy groups -OCH3 is 1. The number of thioether (sulfide) groups is 1. The highest BCUT2D eigenvalue weighted by Crippen LogP contribution is 2.32. The minimum absolute atomic E-state index is 0.107. The van der Waals surface area contributed by atoms with Gasteiger partial charge in [-0.15, -0.1) is 10.2 Å². The van der Waals surface area contributed by atoms with E-state index in [-0.39, 0.29) is 11.0 Å². The fourth-order valence-electron chi connectivity index (χ4n) is 3.12. The fraction of sp³-hybridized carbons (Fsp3) is 0.318. The number of rotatable bonds is 7. The number of aromatic nitrogens is 3. The quantitative estimate of drug-likeness (QED) is 0.418. The summed E-state index contributed by atoms with van der Waals surface area (Å²) in [6, 6.07) is 13.7. The van der Waals surface area contributed by atoms with E-state index in [1.165, 1.54) is 11.8 Å². The van der Waals surface area contributed by atoms with Gasteiger partial charge >= 0.3 is 0 Å². The molecule has 1 atom stereocenters. The maximum Gasteiger partial charge on any atom is 0.192 e. The SMILES string of the molecule is CCn1c(SC(C)C(=O)c2cc(C)ccc2C)nnc1-c1ccccc1OC. The normalized spacial score (nSPS) is 12.0. The summed E-state index contributed by atoms with van der Waals surface area (Å²) in [6.45, 7) is 8.64. The Hall–Kier alpha value is -2.60. The van der Waals surface area contributed by atoms with Gasteiger partial charge in [-0.25, -0.2) is 0 Å². The third-order valence-corrected chi connectivity index (χ3v) is 5.77. The van der Waals surface area contributed by atoms with E-state index in [1.807, 2.05) is 74.7 Å². The lowest BCUT2D eigenvalue weighted by molar-refractivity contribution is 0.0993. The Balaban J connectivity index is 1.90. The number of benzene rings is 2. The molecule has 0 radical (unpaired) electrons. The fourth-order valence-corrected chi connectivity index (χ4v) is 4.10. The molecule has 0 fully saturated rings. The lowest BCUT2D eigenvalue weighted by Crippen LogP contribution is -2.16. The van der Waals surface area contributed by atoms with E-state index < -0.39 is 0 Å². The van der Waals surface area contributed by atoms with Crippen molar-refractivity contribution in [2.24, 2.45) is 0 Å². The number of ketones is 1. The van der Waals surface area contributed by atoms with Crippen LogP contribution < -0.4 is 4.74 Å². The highest BCUT2D eigenvalue weighted by molar-refractivity contribution is 8.00. The molecule has 0 N–H and O–H groups in total. The summed E-state index contributed by atoms with van der Waals surface area (Å²) >= 11 is 1.44. The Morgan fingerprint density at radius 2 is 1.93 bits per heavy atom. The van der Waals surface area contributed by atoms with Gasteiger partial charge < -0.3 is 9.30 Å². The smallest absolute Gasteiger partial charge is 0.192 e. The first-order valence-electron chi connectivity index (χ1n) is 9.31. The van der Waals surface area contributed by atoms with Crippen molar-refractivity contribution in [2.75, 3.05) is 7.11 Å². The van der Waals surface area contributed by atoms with Gasteiger partial charge in [0.15, 0.2) is 16.8 Å². The van der Waals surface area contributed by atoms with Crippen LogP contribution in [0, 0.1) is 13.8 Å². The standard InChI is InChI=1S/C22H25N3O2S/c1-6-25-21(17-9-7-8-10-19(17)27-5)23-24-22(25)28-16(4)20(26)18-13-14(2)11-12-15(18)3/h7-13,16H,6H2,1-5H3. The molecule has 0 aliphatic carbocycles. The molecule has 6 heteroatoms. The van der Waals surface area contributed by atoms with Crippen molar-refractivity contribution >= 4 is 17.5 Å². The number of hydrogen-bond acceptors (Lipinski definition) is 5. The Morgan fingerprint density at radius 3 is 2.64 bits per heavy atom. The van der Waals surface area contributed by atoms with Crippen LogP contribution in [-0.2, 0) is 6.54 Å². The summed E-state index contributed by atoms with van der Waals surface area (Å²) in [5, 5.41) is 9.21. The number of Topliss-reactive ketones (excluding diaryl/α,β-unsaturated/α-hetero) is 1. The lowest BCUT2D eigenvalue weighted by atomic mass is 10.0. The van der Waals surface area contributed by atoms with Crippen LogP contribution in [0.1, 0.15) is 35.3 Å². The van der Waals surface area contributed by atoms with Gasteiger partial charge in [-0.05, 0) is 51.5 Å². The molecule has 0 amide bonds. The van der Waals surface area contributed by atoms with Crippen LogP contribution >= 0.6 is 11.8 Å². The number of carbonyl (C=O) groups is 1. The topological polar surface area (TPSA) is 57.0 Å². The Bertz CT molecular complexity index is 997. The first kappa shape index (κ1) is 20.1. The van der Waals surface area contributed by atoms with Gasteiger partial charge in [0, 0.05) is 12.1 Å². The van der Waals surface area contributed by atoms with Crippen molar-refractivity contribution in [3.8, 4) is 17.1 Å². The monoisotopic (exact) mass is 395 g/mol. The summed E-state index contributed by atoms with van der Waals surface area (Å²) in [6.07, 6.45) is 0. The van der Waals surface area contributed by atoms with E-state index in [2.05, 4.69) is 10.2 Å². The highest BCUT2D eigenvalue weighted by Gasteiger charge is 2.23. The van der Waals surface area contributed by atoms with Gasteiger partial charge in [-0.3, -0.25) is 4.79 Å². The Kier molecular flexibility index (Phi) is 6.19. The van der Waals surface area contributed by atoms with Gasteiger partial charge in [0.2, 0.25) is 0 Å². The number of para-hydroxylation sites is 1. The van der Waals surface area contributed by atoms with Gasteiger partial charge in [0.25, 0.3) is 0 Å². The van der Waals surface area contributed by atoms with E-state index in [0.717, 1.165) is 39.0 Å². The summed E-state index contributed by atoms with van der Waals surface area (Å²) in [5.41, 5.74) is 3.74. The van der Waals surface area contributed by atoms with Crippen molar-refractivity contribution in [1.82, 2.24) is 14.8 Å². The van der Waals surface area contributed by atoms with Crippen LogP contribution in [0.15, 0.2) is 47.6 Å². The molecular formula is C22H25N3O2S. The molecule has 5 nitrogen and oxygen atoms in total. The van der Waals surface area contributed by atoms with E-state index >= 15 is 0 Å². The number of hydrogen-bond donors (Lipinski definition) is 0. The van der Waals surface area contributed by atoms with Gasteiger partial charge in [-0.1, -0.05) is 41.6 Å². The summed E-state index contributed by atoms with van der Waals surface area (Å²) < 4.78 is 7.49. The number of aryl methyl sites for hydroxylation is 2. The van der Waals surface area contributed by atoms with Crippen molar-refractivity contribution in [1.29, 1.82) is 0 Å². The zero-order valence-corrected chi connectivity index (χ0v) is 17.7. The molecule has 28 heavy (non-hydrogen) atoms. The molecule has 1 aromatic heterocycles. The van der Waals surface area contributed by atoms with Crippen LogP contribution in [0.3, 0.4) is 0 Å². The number of nitrogens with zero attached hydrogens (tertiary/aromatic N) is 3. The van der Waals surface area contributed by atoms with Crippen LogP contribution in [0.4, 0.5) is 0 Å². The van der Waals surface area contributed by atoms with Gasteiger partial charge in [0.05, 0.1) is 17.9 Å². The second kappa shape index (κ2) is 8.61. The van der Waals surface area contributed by atoms with Crippen molar-refractivity contribution < 1.29 is 9.53 Å². The molecular weight excluding hydrogens is 370 g/mol. The van der Waals surface area contributed by atoms with E-state index in [9.17, 15) is 4.79 Å². The molecule has 0 bridgehead atoms. The molecule has 0 saturated carbocycles. The van der Waals surface area contributed by atoms with Crippen molar-refractivity contribution in [3.63, 3.8) is 0 Å².